The van der Waals surface area contributed by atoms with Crippen molar-refractivity contribution < 1.29 is 14.3 Å². The number of pyridine rings is 1. The van der Waals surface area contributed by atoms with E-state index in [4.69, 9.17) is 4.74 Å². The van der Waals surface area contributed by atoms with Gasteiger partial charge in [0.15, 0.2) is 5.69 Å². The summed E-state index contributed by atoms with van der Waals surface area (Å²) in [7, 11) is 0. The van der Waals surface area contributed by atoms with Crippen molar-refractivity contribution in [1.29, 1.82) is 0 Å². The molecule has 0 radical (unpaired) electrons. The Balaban J connectivity index is 1.03. The van der Waals surface area contributed by atoms with E-state index in [1.807, 2.05) is 39.8 Å². The highest BCUT2D eigenvalue weighted by Crippen LogP contribution is 2.49. The predicted octanol–water partition coefficient (Wildman–Crippen LogP) is 5.01. The van der Waals surface area contributed by atoms with Crippen LogP contribution in [0.3, 0.4) is 0 Å². The van der Waals surface area contributed by atoms with Gasteiger partial charge in [0, 0.05) is 50.1 Å². The number of unbranched alkanes of at least 4 members (excludes halogenated alkanes) is 1. The summed E-state index contributed by atoms with van der Waals surface area (Å²) < 4.78 is 7.31. The maximum Gasteiger partial charge on any atom is 0.410 e. The van der Waals surface area contributed by atoms with Crippen LogP contribution >= 0.6 is 0 Å². The highest BCUT2D eigenvalue weighted by atomic mass is 16.6. The van der Waals surface area contributed by atoms with Gasteiger partial charge in [-0.1, -0.05) is 22.9 Å². The van der Waals surface area contributed by atoms with Crippen LogP contribution in [0, 0.1) is 12.8 Å². The van der Waals surface area contributed by atoms with Crippen LogP contribution in [0.25, 0.3) is 5.57 Å². The number of carbonyl (C=O) groups is 2. The molecule has 11 heteroatoms. The fourth-order valence-corrected chi connectivity index (χ4v) is 5.88. The molecule has 2 aliphatic carbocycles. The van der Waals surface area contributed by atoms with Crippen molar-refractivity contribution in [2.24, 2.45) is 5.92 Å². The lowest BCUT2D eigenvalue weighted by Gasteiger charge is -2.30. The summed E-state index contributed by atoms with van der Waals surface area (Å²) in [5.74, 6) is 0.381. The molecule has 11 nitrogen and oxygen atoms in total. The molecular weight excluding hydrogens is 568 g/mol. The summed E-state index contributed by atoms with van der Waals surface area (Å²) in [6.07, 6.45) is 12.2. The Labute approximate surface area is 264 Å². The Morgan fingerprint density at radius 3 is 2.67 bits per heavy atom. The standard InChI is InChI=1S/C34H42N8O3/c1-22-8-9-23(19-35-22)20-36-32(43)30-21-42(40-39-30)14-6-5-7-26-17-28-29(38-37-26)18-27(24-10-11-24)31(28)25-12-15-41(16-13-25)33(44)45-34(2,3)4/h8-9,12,17,19,21,24H,5-7,10-11,13-16,18,20H2,1-4H3,(H,36,43). The first-order valence-electron chi connectivity index (χ1n) is 16.0. The average molecular weight is 611 g/mol. The third-order valence-electron chi connectivity index (χ3n) is 8.39. The normalized spacial score (nSPS) is 16.4. The third-order valence-corrected chi connectivity index (χ3v) is 8.39. The van der Waals surface area contributed by atoms with E-state index in [-0.39, 0.29) is 12.0 Å². The van der Waals surface area contributed by atoms with Crippen molar-refractivity contribution in [3.8, 4) is 0 Å². The number of rotatable bonds is 10. The number of allylic oxidation sites excluding steroid dienone is 2. The second-order valence-electron chi connectivity index (χ2n) is 13.3. The van der Waals surface area contributed by atoms with Crippen LogP contribution in [-0.2, 0) is 30.7 Å². The number of carbonyl (C=O) groups excluding carboxylic acids is 2. The Kier molecular flexibility index (Phi) is 8.78. The van der Waals surface area contributed by atoms with Gasteiger partial charge in [-0.05, 0) is 101 Å². The minimum Gasteiger partial charge on any atom is -0.444 e. The van der Waals surface area contributed by atoms with Gasteiger partial charge in [-0.25, -0.2) is 4.79 Å². The number of fused-ring (bicyclic) bond motifs is 1. The van der Waals surface area contributed by atoms with Crippen LogP contribution in [-0.4, -0.2) is 65.8 Å². The van der Waals surface area contributed by atoms with Gasteiger partial charge in [-0.15, -0.1) is 5.10 Å². The first-order chi connectivity index (χ1) is 21.6. The van der Waals surface area contributed by atoms with Gasteiger partial charge in [0.2, 0.25) is 0 Å². The number of hydrogen-bond acceptors (Lipinski definition) is 8. The molecular formula is C34H42N8O3. The van der Waals surface area contributed by atoms with Crippen LogP contribution in [0.15, 0.2) is 47.8 Å². The smallest absolute Gasteiger partial charge is 0.410 e. The highest BCUT2D eigenvalue weighted by molar-refractivity contribution is 5.91. The van der Waals surface area contributed by atoms with Gasteiger partial charge in [0.05, 0.1) is 17.6 Å². The van der Waals surface area contributed by atoms with Crippen LogP contribution in [0.2, 0.25) is 0 Å². The molecule has 1 saturated carbocycles. The van der Waals surface area contributed by atoms with Crippen molar-refractivity contribution in [3.05, 3.63) is 81.7 Å². The molecule has 6 rings (SSSR count). The number of nitrogens with one attached hydrogen (secondary N) is 1. The summed E-state index contributed by atoms with van der Waals surface area (Å²) in [5.41, 5.74) is 9.10. The Hall–Kier alpha value is -4.41. The minimum atomic E-state index is -0.503. The molecule has 1 fully saturated rings. The van der Waals surface area contributed by atoms with E-state index in [1.165, 1.54) is 35.1 Å². The number of nitrogens with zero attached hydrogens (tertiary/aromatic N) is 7. The molecule has 236 valence electrons. The second-order valence-corrected chi connectivity index (χ2v) is 13.3. The molecule has 3 aliphatic rings. The summed E-state index contributed by atoms with van der Waals surface area (Å²) in [4.78, 5) is 31.2. The molecule has 4 heterocycles. The van der Waals surface area contributed by atoms with E-state index in [1.54, 1.807) is 22.0 Å². The SMILES string of the molecule is Cc1ccc(CNC(=O)c2cn(CCCCc3cc4c(nn3)CC(C3CC3)=C4C3=CCN(C(=O)OC(C)(C)C)CC3)nn2)cn1. The van der Waals surface area contributed by atoms with Gasteiger partial charge in [0.1, 0.15) is 5.60 Å². The Bertz CT molecular complexity index is 1630. The average Bonchev–Trinajstić information content (AvgIpc) is 3.63. The summed E-state index contributed by atoms with van der Waals surface area (Å²) in [6, 6.07) is 6.10. The molecule has 0 atom stereocenters. The summed E-state index contributed by atoms with van der Waals surface area (Å²) in [6.45, 7) is 9.89. The molecule has 0 aromatic carbocycles. The van der Waals surface area contributed by atoms with Gasteiger partial charge < -0.3 is 15.0 Å². The van der Waals surface area contributed by atoms with E-state index < -0.39 is 5.60 Å². The summed E-state index contributed by atoms with van der Waals surface area (Å²) in [5, 5.41) is 20.3. The molecule has 1 N–H and O–H groups in total. The quantitative estimate of drug-likeness (QED) is 0.317. The molecule has 0 unspecified atom stereocenters. The van der Waals surface area contributed by atoms with Crippen molar-refractivity contribution >= 4 is 17.6 Å². The summed E-state index contributed by atoms with van der Waals surface area (Å²) >= 11 is 0. The zero-order valence-electron chi connectivity index (χ0n) is 26.7. The number of aryl methyl sites for hydroxylation is 3. The lowest BCUT2D eigenvalue weighted by Crippen LogP contribution is -2.39. The van der Waals surface area contributed by atoms with E-state index in [2.05, 4.69) is 43.0 Å². The van der Waals surface area contributed by atoms with E-state index in [0.29, 0.717) is 37.8 Å². The fourth-order valence-electron chi connectivity index (χ4n) is 5.88. The molecule has 3 aromatic heterocycles. The number of aromatic nitrogens is 6. The first kappa shape index (κ1) is 30.6. The largest absolute Gasteiger partial charge is 0.444 e. The second kappa shape index (κ2) is 12.9. The van der Waals surface area contributed by atoms with Gasteiger partial charge in [-0.3, -0.25) is 14.5 Å². The van der Waals surface area contributed by atoms with Gasteiger partial charge >= 0.3 is 6.09 Å². The maximum atomic E-state index is 12.6. The molecule has 1 aliphatic heterocycles. The van der Waals surface area contributed by atoms with Crippen LogP contribution in [0.4, 0.5) is 4.79 Å². The van der Waals surface area contributed by atoms with Gasteiger partial charge in [0.25, 0.3) is 5.91 Å². The molecule has 0 saturated heterocycles. The zero-order chi connectivity index (χ0) is 31.6. The van der Waals surface area contributed by atoms with E-state index in [0.717, 1.165) is 54.7 Å². The monoisotopic (exact) mass is 610 g/mol. The topological polar surface area (TPSA) is 128 Å². The Morgan fingerprint density at radius 1 is 1.11 bits per heavy atom. The van der Waals surface area contributed by atoms with Gasteiger partial charge in [-0.2, -0.15) is 10.2 Å². The lowest BCUT2D eigenvalue weighted by atomic mass is 9.91. The molecule has 45 heavy (non-hydrogen) atoms. The third kappa shape index (κ3) is 7.64. The lowest BCUT2D eigenvalue weighted by molar-refractivity contribution is 0.0267. The van der Waals surface area contributed by atoms with Crippen molar-refractivity contribution in [2.45, 2.75) is 91.3 Å². The number of ether oxygens (including phenoxy) is 1. The van der Waals surface area contributed by atoms with Crippen molar-refractivity contribution in [2.75, 3.05) is 13.1 Å². The molecule has 3 aromatic rings. The minimum absolute atomic E-state index is 0.254. The zero-order valence-corrected chi connectivity index (χ0v) is 26.7. The molecule has 2 amide bonds. The Morgan fingerprint density at radius 2 is 1.96 bits per heavy atom. The predicted molar refractivity (Wildman–Crippen MR) is 169 cm³/mol. The number of hydrogen-bond donors (Lipinski definition) is 1. The van der Waals surface area contributed by atoms with Crippen molar-refractivity contribution in [3.63, 3.8) is 0 Å². The molecule has 0 spiro atoms. The highest BCUT2D eigenvalue weighted by Gasteiger charge is 2.36. The van der Waals surface area contributed by atoms with Crippen LogP contribution < -0.4 is 5.32 Å². The van der Waals surface area contributed by atoms with Crippen LogP contribution in [0.5, 0.6) is 0 Å². The van der Waals surface area contributed by atoms with Crippen LogP contribution in [0.1, 0.15) is 91.6 Å². The number of amides is 2. The van der Waals surface area contributed by atoms with E-state index >= 15 is 0 Å². The first-order valence-corrected chi connectivity index (χ1v) is 16.0. The van der Waals surface area contributed by atoms with Crippen molar-refractivity contribution in [1.82, 2.24) is 40.4 Å². The molecule has 0 bridgehead atoms. The fraction of sp³-hybridized carbons (Fsp3) is 0.500. The van der Waals surface area contributed by atoms with E-state index in [9.17, 15) is 9.59 Å². The maximum absolute atomic E-state index is 12.6.